The Morgan fingerprint density at radius 3 is 2.57 bits per heavy atom. The lowest BCUT2D eigenvalue weighted by molar-refractivity contribution is -0.137. The van der Waals surface area contributed by atoms with Gasteiger partial charge in [0.1, 0.15) is 6.10 Å². The highest BCUT2D eigenvalue weighted by atomic mass is 32.2. The van der Waals surface area contributed by atoms with Crippen molar-refractivity contribution >= 4 is 11.4 Å². The molecule has 0 saturated heterocycles. The van der Waals surface area contributed by atoms with Crippen LogP contribution in [0.25, 0.3) is 0 Å². The van der Waals surface area contributed by atoms with Crippen LogP contribution in [0.15, 0.2) is 0 Å². The average Bonchev–Trinajstić information content (AvgIpc) is 2.09. The van der Waals surface area contributed by atoms with Crippen LogP contribution in [0.3, 0.4) is 0 Å². The Labute approximate surface area is 86.9 Å². The Hall–Kier alpha value is -0.0100. The Bertz CT molecular complexity index is 162. The van der Waals surface area contributed by atoms with Gasteiger partial charge in [0.05, 0.1) is 11.4 Å². The van der Waals surface area contributed by atoms with Crippen molar-refractivity contribution < 1.29 is 22.8 Å². The molecule has 0 radical (unpaired) electrons. The van der Waals surface area contributed by atoms with E-state index in [0.29, 0.717) is 6.61 Å². The number of hydrogen-bond donors (Lipinski definition) is 1. The third kappa shape index (κ3) is 7.40. The van der Waals surface area contributed by atoms with Crippen LogP contribution in [0, 0.1) is 0 Å². The predicted molar refractivity (Wildman–Crippen MR) is 51.0 cm³/mol. The summed E-state index contributed by atoms with van der Waals surface area (Å²) in [6.45, 7) is 3.85. The third-order valence-electron chi connectivity index (χ3n) is 1.60. The van der Waals surface area contributed by atoms with Crippen molar-refractivity contribution in [3.63, 3.8) is 0 Å². The Morgan fingerprint density at radius 2 is 2.14 bits per heavy atom. The van der Waals surface area contributed by atoms with Crippen LogP contribution in [0.2, 0.25) is 0 Å². The molecule has 0 aromatic heterocycles. The summed E-state index contributed by atoms with van der Waals surface area (Å²) in [6, 6.07) is 0. The van der Waals surface area contributed by atoms with Gasteiger partial charge in [-0.2, -0.15) is 0 Å². The molecular formula is C8H17O5S-. The van der Waals surface area contributed by atoms with Crippen LogP contribution in [0.5, 0.6) is 0 Å². The molecule has 6 heteroatoms. The molecule has 0 aromatic carbocycles. The smallest absolute Gasteiger partial charge is 0.197 e. The molecule has 0 bridgehead atoms. The quantitative estimate of drug-likeness (QED) is 0.374. The van der Waals surface area contributed by atoms with Gasteiger partial charge in [-0.3, -0.25) is 4.18 Å². The zero-order chi connectivity index (χ0) is 11.0. The SMILES string of the molecule is CCCCCOC(OS(=O)[O-])C(C)O. The lowest BCUT2D eigenvalue weighted by atomic mass is 10.3. The maximum absolute atomic E-state index is 10.2. The molecule has 0 rings (SSSR count). The van der Waals surface area contributed by atoms with Crippen LogP contribution in [0.4, 0.5) is 0 Å². The molecule has 0 aliphatic heterocycles. The first-order chi connectivity index (χ1) is 6.57. The average molecular weight is 225 g/mol. The Kier molecular flexibility index (Phi) is 8.30. The van der Waals surface area contributed by atoms with Gasteiger partial charge in [-0.25, -0.2) is 4.21 Å². The fraction of sp³-hybridized carbons (Fsp3) is 1.00. The summed E-state index contributed by atoms with van der Waals surface area (Å²) >= 11 is -2.66. The minimum Gasteiger partial charge on any atom is -0.750 e. The van der Waals surface area contributed by atoms with E-state index in [2.05, 4.69) is 11.1 Å². The molecule has 5 nitrogen and oxygen atoms in total. The highest BCUT2D eigenvalue weighted by Gasteiger charge is 2.16. The number of aliphatic hydroxyl groups is 1. The standard InChI is InChI=1S/C8H18O5S/c1-3-4-5-6-12-8(7(2)9)13-14(10)11/h7-9H,3-6H2,1-2H3,(H,10,11)/p-1. The van der Waals surface area contributed by atoms with Gasteiger partial charge >= 0.3 is 0 Å². The number of hydrogen-bond acceptors (Lipinski definition) is 5. The van der Waals surface area contributed by atoms with Crippen LogP contribution in [-0.2, 0) is 20.3 Å². The van der Waals surface area contributed by atoms with Crippen molar-refractivity contribution in [2.24, 2.45) is 0 Å². The van der Waals surface area contributed by atoms with Gasteiger partial charge in [0.2, 0.25) is 0 Å². The Balaban J connectivity index is 3.68. The zero-order valence-electron chi connectivity index (χ0n) is 8.47. The maximum Gasteiger partial charge on any atom is 0.197 e. The molecule has 0 aliphatic rings. The second kappa shape index (κ2) is 8.31. The molecule has 1 N–H and O–H groups in total. The number of unbranched alkanes of at least 4 members (excludes halogenated alkanes) is 2. The van der Waals surface area contributed by atoms with Crippen molar-refractivity contribution in [1.29, 1.82) is 0 Å². The summed E-state index contributed by atoms with van der Waals surface area (Å²) in [5.74, 6) is 0. The van der Waals surface area contributed by atoms with Gasteiger partial charge in [-0.1, -0.05) is 19.8 Å². The fourth-order valence-corrected chi connectivity index (χ4v) is 1.25. The lowest BCUT2D eigenvalue weighted by Crippen LogP contribution is -2.30. The van der Waals surface area contributed by atoms with Gasteiger partial charge in [0.15, 0.2) is 6.29 Å². The minimum absolute atomic E-state index is 0.389. The summed E-state index contributed by atoms with van der Waals surface area (Å²) in [4.78, 5) is 0. The largest absolute Gasteiger partial charge is 0.750 e. The van der Waals surface area contributed by atoms with E-state index in [9.17, 15) is 8.76 Å². The molecule has 0 amide bonds. The molecular weight excluding hydrogens is 208 g/mol. The topological polar surface area (TPSA) is 78.8 Å². The van der Waals surface area contributed by atoms with E-state index in [-0.39, 0.29) is 0 Å². The Morgan fingerprint density at radius 1 is 1.50 bits per heavy atom. The van der Waals surface area contributed by atoms with Crippen molar-refractivity contribution in [2.75, 3.05) is 6.61 Å². The van der Waals surface area contributed by atoms with Crippen LogP contribution in [0.1, 0.15) is 33.1 Å². The molecule has 0 spiro atoms. The predicted octanol–water partition coefficient (Wildman–Crippen LogP) is 0.711. The molecule has 14 heavy (non-hydrogen) atoms. The molecule has 0 aliphatic carbocycles. The summed E-state index contributed by atoms with van der Waals surface area (Å²) in [5.41, 5.74) is 0. The van der Waals surface area contributed by atoms with Crippen molar-refractivity contribution in [2.45, 2.75) is 45.5 Å². The molecule has 0 fully saturated rings. The van der Waals surface area contributed by atoms with E-state index in [4.69, 9.17) is 9.84 Å². The molecule has 3 atom stereocenters. The molecule has 86 valence electrons. The third-order valence-corrected chi connectivity index (χ3v) is 1.94. The maximum atomic E-state index is 10.2. The van der Waals surface area contributed by atoms with Crippen molar-refractivity contribution in [1.82, 2.24) is 0 Å². The summed E-state index contributed by atoms with van der Waals surface area (Å²) in [5, 5.41) is 9.09. The van der Waals surface area contributed by atoms with Gasteiger partial charge in [0.25, 0.3) is 0 Å². The lowest BCUT2D eigenvalue weighted by Gasteiger charge is -2.21. The number of rotatable bonds is 8. The van der Waals surface area contributed by atoms with Gasteiger partial charge in [-0.15, -0.1) is 0 Å². The first-order valence-electron chi connectivity index (χ1n) is 4.64. The monoisotopic (exact) mass is 225 g/mol. The number of ether oxygens (including phenoxy) is 1. The van der Waals surface area contributed by atoms with Gasteiger partial charge in [-0.05, 0) is 13.3 Å². The van der Waals surface area contributed by atoms with E-state index >= 15 is 0 Å². The van der Waals surface area contributed by atoms with Gasteiger partial charge < -0.3 is 14.4 Å². The first kappa shape index (κ1) is 14.0. The van der Waals surface area contributed by atoms with E-state index in [1.807, 2.05) is 0 Å². The second-order valence-electron chi connectivity index (χ2n) is 2.99. The normalized spacial score (nSPS) is 17.7. The van der Waals surface area contributed by atoms with E-state index in [0.717, 1.165) is 19.3 Å². The van der Waals surface area contributed by atoms with Crippen molar-refractivity contribution in [3.05, 3.63) is 0 Å². The highest BCUT2D eigenvalue weighted by molar-refractivity contribution is 7.74. The van der Waals surface area contributed by atoms with Crippen LogP contribution < -0.4 is 0 Å². The highest BCUT2D eigenvalue weighted by Crippen LogP contribution is 2.05. The fourth-order valence-electron chi connectivity index (χ4n) is 0.876. The van der Waals surface area contributed by atoms with Crippen LogP contribution in [-0.4, -0.2) is 32.9 Å². The first-order valence-corrected chi connectivity index (χ1v) is 5.64. The zero-order valence-corrected chi connectivity index (χ0v) is 9.29. The van der Waals surface area contributed by atoms with E-state index in [1.165, 1.54) is 6.92 Å². The van der Waals surface area contributed by atoms with Crippen molar-refractivity contribution in [3.8, 4) is 0 Å². The second-order valence-corrected chi connectivity index (χ2v) is 3.59. The molecule has 0 heterocycles. The van der Waals surface area contributed by atoms with E-state index < -0.39 is 23.8 Å². The van der Waals surface area contributed by atoms with Crippen LogP contribution >= 0.6 is 0 Å². The molecule has 3 unspecified atom stereocenters. The summed E-state index contributed by atoms with van der Waals surface area (Å²) in [6.07, 6.45) is 0.832. The molecule has 0 saturated carbocycles. The summed E-state index contributed by atoms with van der Waals surface area (Å²) < 4.78 is 29.8. The van der Waals surface area contributed by atoms with Gasteiger partial charge in [0, 0.05) is 6.61 Å². The number of aliphatic hydroxyl groups excluding tert-OH is 1. The molecule has 0 aromatic rings. The summed E-state index contributed by atoms with van der Waals surface area (Å²) in [7, 11) is 0. The van der Waals surface area contributed by atoms with E-state index in [1.54, 1.807) is 0 Å². The minimum atomic E-state index is -2.66.